The van der Waals surface area contributed by atoms with E-state index in [2.05, 4.69) is 29.0 Å². The molecule has 0 aliphatic rings. The minimum atomic E-state index is -1.02. The summed E-state index contributed by atoms with van der Waals surface area (Å²) >= 11 is 5.80. The van der Waals surface area contributed by atoms with Crippen LogP contribution in [0.3, 0.4) is 0 Å². The first-order valence-electron chi connectivity index (χ1n) is 6.00. The molecule has 0 aliphatic carbocycles. The van der Waals surface area contributed by atoms with Crippen LogP contribution in [0.4, 0.5) is 5.82 Å². The summed E-state index contributed by atoms with van der Waals surface area (Å²) in [4.78, 5) is 17.2. The van der Waals surface area contributed by atoms with Crippen molar-refractivity contribution in [3.8, 4) is 0 Å². The molecule has 0 saturated heterocycles. The number of nitrogens with zero attached hydrogens (tertiary/aromatic N) is 2. The van der Waals surface area contributed by atoms with Crippen LogP contribution < -0.4 is 5.32 Å². The van der Waals surface area contributed by atoms with E-state index >= 15 is 0 Å². The molecule has 1 heterocycles. The molecule has 0 spiro atoms. The van der Waals surface area contributed by atoms with Crippen LogP contribution in [0.2, 0.25) is 5.15 Å². The van der Waals surface area contributed by atoms with E-state index in [-0.39, 0.29) is 16.1 Å². The zero-order valence-corrected chi connectivity index (χ0v) is 12.5. The maximum atomic E-state index is 11.1. The van der Waals surface area contributed by atoms with E-state index in [1.165, 1.54) is 12.1 Å². The van der Waals surface area contributed by atoms with Gasteiger partial charge in [0.15, 0.2) is 0 Å². The van der Waals surface area contributed by atoms with Crippen LogP contribution in [-0.4, -0.2) is 48.1 Å². The standard InChI is InChI=1S/C13H20ClN3O2/c1-13(2,8-17(3)4)7-15-11-9(12(18)19)5-6-10(14)16-11/h5-6H,7-8H2,1-4H3,(H,15,16)(H,18,19). The Morgan fingerprint density at radius 1 is 1.47 bits per heavy atom. The normalized spacial score (nSPS) is 11.7. The molecule has 1 aromatic rings. The summed E-state index contributed by atoms with van der Waals surface area (Å²) in [6, 6.07) is 2.93. The van der Waals surface area contributed by atoms with Crippen LogP contribution in [0.1, 0.15) is 24.2 Å². The summed E-state index contributed by atoms with van der Waals surface area (Å²) < 4.78 is 0. The van der Waals surface area contributed by atoms with E-state index in [4.69, 9.17) is 16.7 Å². The van der Waals surface area contributed by atoms with E-state index in [9.17, 15) is 4.79 Å². The smallest absolute Gasteiger partial charge is 0.339 e. The minimum Gasteiger partial charge on any atom is -0.478 e. The predicted molar refractivity (Wildman–Crippen MR) is 77.0 cm³/mol. The van der Waals surface area contributed by atoms with Gasteiger partial charge < -0.3 is 15.3 Å². The Hall–Kier alpha value is -1.33. The number of aromatic carboxylic acids is 1. The molecule has 0 aromatic carbocycles. The molecule has 6 heteroatoms. The molecular formula is C13H20ClN3O2. The summed E-state index contributed by atoms with van der Waals surface area (Å²) in [6.45, 7) is 5.69. The molecule has 1 aromatic heterocycles. The number of halogens is 1. The summed E-state index contributed by atoms with van der Waals surface area (Å²) in [5.74, 6) is -0.705. The van der Waals surface area contributed by atoms with Crippen LogP contribution in [0.25, 0.3) is 0 Å². The summed E-state index contributed by atoms with van der Waals surface area (Å²) in [5, 5.41) is 12.5. The van der Waals surface area contributed by atoms with Gasteiger partial charge in [-0.05, 0) is 31.6 Å². The fourth-order valence-corrected chi connectivity index (χ4v) is 2.13. The first-order valence-corrected chi connectivity index (χ1v) is 6.37. The van der Waals surface area contributed by atoms with Crippen molar-refractivity contribution in [3.05, 3.63) is 22.8 Å². The van der Waals surface area contributed by atoms with Gasteiger partial charge in [-0.25, -0.2) is 9.78 Å². The number of hydrogen-bond acceptors (Lipinski definition) is 4. The number of pyridine rings is 1. The molecule has 0 saturated carbocycles. The minimum absolute atomic E-state index is 0.0106. The SMILES string of the molecule is CN(C)CC(C)(C)CNc1nc(Cl)ccc1C(=O)O. The van der Waals surface area contributed by atoms with Crippen molar-refractivity contribution in [1.82, 2.24) is 9.88 Å². The lowest BCUT2D eigenvalue weighted by molar-refractivity contribution is 0.0697. The lowest BCUT2D eigenvalue weighted by Crippen LogP contribution is -2.34. The van der Waals surface area contributed by atoms with E-state index < -0.39 is 5.97 Å². The third kappa shape index (κ3) is 5.04. The predicted octanol–water partition coefficient (Wildman–Crippen LogP) is 2.43. The molecular weight excluding hydrogens is 266 g/mol. The molecule has 2 N–H and O–H groups in total. The molecule has 0 unspecified atom stereocenters. The molecule has 0 amide bonds. The lowest BCUT2D eigenvalue weighted by atomic mass is 9.93. The van der Waals surface area contributed by atoms with Crippen LogP contribution in [0.15, 0.2) is 12.1 Å². The number of carboxylic acids is 1. The second kappa shape index (κ2) is 6.21. The number of hydrogen-bond donors (Lipinski definition) is 2. The van der Waals surface area contributed by atoms with Crippen LogP contribution in [-0.2, 0) is 0 Å². The van der Waals surface area contributed by atoms with Crippen molar-refractivity contribution < 1.29 is 9.90 Å². The number of carbonyl (C=O) groups is 1. The van der Waals surface area contributed by atoms with Crippen molar-refractivity contribution >= 4 is 23.4 Å². The number of nitrogens with one attached hydrogen (secondary N) is 1. The van der Waals surface area contributed by atoms with Crippen molar-refractivity contribution in [2.45, 2.75) is 13.8 Å². The maximum absolute atomic E-state index is 11.1. The molecule has 1 rings (SSSR count). The maximum Gasteiger partial charge on any atom is 0.339 e. The summed E-state index contributed by atoms with van der Waals surface area (Å²) in [7, 11) is 4.00. The molecule has 19 heavy (non-hydrogen) atoms. The van der Waals surface area contributed by atoms with Crippen molar-refractivity contribution in [2.75, 3.05) is 32.5 Å². The second-order valence-electron chi connectivity index (χ2n) is 5.59. The molecule has 0 aliphatic heterocycles. The Balaban J connectivity index is 2.82. The highest BCUT2D eigenvalue weighted by atomic mass is 35.5. The third-order valence-electron chi connectivity index (χ3n) is 2.57. The van der Waals surface area contributed by atoms with E-state index in [1.54, 1.807) is 0 Å². The quantitative estimate of drug-likeness (QED) is 0.786. The largest absolute Gasteiger partial charge is 0.478 e. The van der Waals surface area contributed by atoms with Gasteiger partial charge in [0.1, 0.15) is 16.5 Å². The van der Waals surface area contributed by atoms with Gasteiger partial charge in [-0.1, -0.05) is 25.4 Å². The Kier molecular flexibility index (Phi) is 5.14. The molecule has 5 nitrogen and oxygen atoms in total. The molecule has 106 valence electrons. The van der Waals surface area contributed by atoms with Crippen LogP contribution >= 0.6 is 11.6 Å². The Bertz CT molecular complexity index is 461. The van der Waals surface area contributed by atoms with Gasteiger partial charge in [-0.3, -0.25) is 0 Å². The lowest BCUT2D eigenvalue weighted by Gasteiger charge is -2.28. The van der Waals surface area contributed by atoms with Crippen molar-refractivity contribution in [1.29, 1.82) is 0 Å². The highest BCUT2D eigenvalue weighted by molar-refractivity contribution is 6.29. The summed E-state index contributed by atoms with van der Waals surface area (Å²) in [6.07, 6.45) is 0. The topological polar surface area (TPSA) is 65.5 Å². The van der Waals surface area contributed by atoms with Gasteiger partial charge in [-0.2, -0.15) is 0 Å². The third-order valence-corrected chi connectivity index (χ3v) is 2.78. The van der Waals surface area contributed by atoms with Gasteiger partial charge in [0.25, 0.3) is 0 Å². The molecule has 0 fully saturated rings. The van der Waals surface area contributed by atoms with E-state index in [1.807, 2.05) is 14.1 Å². The second-order valence-corrected chi connectivity index (χ2v) is 5.98. The Morgan fingerprint density at radius 2 is 2.11 bits per heavy atom. The summed E-state index contributed by atoms with van der Waals surface area (Å²) in [5.41, 5.74) is 0.119. The van der Waals surface area contributed by atoms with Gasteiger partial charge in [0.2, 0.25) is 0 Å². The van der Waals surface area contributed by atoms with Gasteiger partial charge in [0, 0.05) is 13.1 Å². The fourth-order valence-electron chi connectivity index (χ4n) is 1.98. The first kappa shape index (κ1) is 15.7. The van der Waals surface area contributed by atoms with Crippen molar-refractivity contribution in [2.24, 2.45) is 5.41 Å². The molecule has 0 radical (unpaired) electrons. The highest BCUT2D eigenvalue weighted by Gasteiger charge is 2.20. The number of anilines is 1. The Labute approximate surface area is 118 Å². The molecule has 0 atom stereocenters. The number of rotatable bonds is 6. The van der Waals surface area contributed by atoms with E-state index in [0.717, 1.165) is 6.54 Å². The first-order chi connectivity index (χ1) is 8.71. The monoisotopic (exact) mass is 285 g/mol. The fraction of sp³-hybridized carbons (Fsp3) is 0.538. The van der Waals surface area contributed by atoms with Gasteiger partial charge in [-0.15, -0.1) is 0 Å². The number of carboxylic acid groups (broad SMARTS) is 1. The average molecular weight is 286 g/mol. The zero-order chi connectivity index (χ0) is 14.6. The van der Waals surface area contributed by atoms with Gasteiger partial charge >= 0.3 is 5.97 Å². The highest BCUT2D eigenvalue weighted by Crippen LogP contribution is 2.20. The van der Waals surface area contributed by atoms with Crippen molar-refractivity contribution in [3.63, 3.8) is 0 Å². The van der Waals surface area contributed by atoms with Gasteiger partial charge in [0.05, 0.1) is 0 Å². The molecule has 0 bridgehead atoms. The van der Waals surface area contributed by atoms with Crippen LogP contribution in [0.5, 0.6) is 0 Å². The zero-order valence-electron chi connectivity index (χ0n) is 11.7. The van der Waals surface area contributed by atoms with Crippen LogP contribution in [0, 0.1) is 5.41 Å². The van der Waals surface area contributed by atoms with E-state index in [0.29, 0.717) is 12.4 Å². The Morgan fingerprint density at radius 3 is 2.63 bits per heavy atom. The average Bonchev–Trinajstić information content (AvgIpc) is 2.24. The number of aromatic nitrogens is 1.